The molecule has 1 aromatic heterocycles. The first kappa shape index (κ1) is 18.8. The number of hydrogen-bond acceptors (Lipinski definition) is 6. The van der Waals surface area contributed by atoms with E-state index < -0.39 is 6.10 Å². The van der Waals surface area contributed by atoms with E-state index >= 15 is 0 Å². The number of aromatic nitrogens is 2. The number of nitrogens with zero attached hydrogens (tertiary/aromatic N) is 4. The number of piperidine rings is 1. The molecule has 2 aliphatic rings. The molecule has 0 radical (unpaired) electrons. The van der Waals surface area contributed by atoms with Crippen LogP contribution in [0.25, 0.3) is 0 Å². The third-order valence-electron chi connectivity index (χ3n) is 5.14. The van der Waals surface area contributed by atoms with Gasteiger partial charge >= 0.3 is 0 Å². The van der Waals surface area contributed by atoms with Crippen molar-refractivity contribution in [1.82, 2.24) is 14.7 Å². The van der Waals surface area contributed by atoms with Gasteiger partial charge in [-0.25, -0.2) is 4.68 Å². The Morgan fingerprint density at radius 1 is 1.38 bits per heavy atom. The van der Waals surface area contributed by atoms with Gasteiger partial charge in [0.1, 0.15) is 0 Å². The lowest BCUT2D eigenvalue weighted by atomic mass is 10.0. The van der Waals surface area contributed by atoms with E-state index in [4.69, 9.17) is 9.47 Å². The number of carbonyl (C=O) groups is 1. The second-order valence-electron chi connectivity index (χ2n) is 7.22. The zero-order valence-corrected chi connectivity index (χ0v) is 15.8. The highest BCUT2D eigenvalue weighted by Crippen LogP contribution is 2.21. The number of anilines is 1. The summed E-state index contributed by atoms with van der Waals surface area (Å²) in [7, 11) is 1.94. The van der Waals surface area contributed by atoms with Crippen molar-refractivity contribution >= 4 is 11.6 Å². The summed E-state index contributed by atoms with van der Waals surface area (Å²) in [6.45, 7) is 6.56. The Bertz CT molecular complexity index is 684. The van der Waals surface area contributed by atoms with Crippen LogP contribution < -0.4 is 10.5 Å². The summed E-state index contributed by atoms with van der Waals surface area (Å²) in [5, 5.41) is 4.38. The van der Waals surface area contributed by atoms with E-state index in [0.717, 1.165) is 18.5 Å². The van der Waals surface area contributed by atoms with Gasteiger partial charge in [-0.3, -0.25) is 9.59 Å². The van der Waals surface area contributed by atoms with Gasteiger partial charge in [0.25, 0.3) is 11.5 Å². The molecule has 8 heteroatoms. The third kappa shape index (κ3) is 4.07. The summed E-state index contributed by atoms with van der Waals surface area (Å²) in [4.78, 5) is 29.0. The number of likely N-dealkylation sites (tertiary alicyclic amines) is 1. The first-order valence-corrected chi connectivity index (χ1v) is 9.27. The lowest BCUT2D eigenvalue weighted by molar-refractivity contribution is -0.159. The van der Waals surface area contributed by atoms with E-state index in [1.54, 1.807) is 17.2 Å². The molecule has 26 heavy (non-hydrogen) atoms. The molecule has 2 aliphatic heterocycles. The van der Waals surface area contributed by atoms with E-state index in [0.29, 0.717) is 32.9 Å². The molecule has 3 heterocycles. The van der Waals surface area contributed by atoms with Gasteiger partial charge in [-0.1, -0.05) is 0 Å². The number of hydrogen-bond donors (Lipinski definition) is 0. The number of rotatable bonds is 4. The predicted octanol–water partition coefficient (Wildman–Crippen LogP) is 0.667. The Labute approximate surface area is 153 Å². The van der Waals surface area contributed by atoms with Crippen molar-refractivity contribution in [2.24, 2.45) is 0 Å². The average Bonchev–Trinajstić information content (AvgIpc) is 2.67. The minimum atomic E-state index is -0.533. The Morgan fingerprint density at radius 3 is 2.85 bits per heavy atom. The third-order valence-corrected chi connectivity index (χ3v) is 5.14. The predicted molar refractivity (Wildman–Crippen MR) is 97.4 cm³/mol. The lowest BCUT2D eigenvalue weighted by Gasteiger charge is -2.35. The summed E-state index contributed by atoms with van der Waals surface area (Å²) >= 11 is 0. The highest BCUT2D eigenvalue weighted by atomic mass is 16.6. The first-order valence-electron chi connectivity index (χ1n) is 9.27. The van der Waals surface area contributed by atoms with Crippen LogP contribution in [0.3, 0.4) is 0 Å². The molecular weight excluding hydrogens is 336 g/mol. The smallest absolute Gasteiger partial charge is 0.269 e. The maximum Gasteiger partial charge on any atom is 0.269 e. The zero-order valence-electron chi connectivity index (χ0n) is 15.8. The Morgan fingerprint density at radius 2 is 2.19 bits per heavy atom. The van der Waals surface area contributed by atoms with Crippen LogP contribution in [-0.4, -0.2) is 72.7 Å². The van der Waals surface area contributed by atoms with Crippen LogP contribution in [0, 0.1) is 0 Å². The van der Waals surface area contributed by atoms with Crippen LogP contribution in [0.4, 0.5) is 5.69 Å². The molecule has 144 valence electrons. The molecule has 8 nitrogen and oxygen atoms in total. The van der Waals surface area contributed by atoms with Gasteiger partial charge in [0.2, 0.25) is 0 Å². The second-order valence-corrected chi connectivity index (χ2v) is 7.22. The molecule has 0 N–H and O–H groups in total. The molecule has 1 aromatic rings. The van der Waals surface area contributed by atoms with Crippen molar-refractivity contribution in [2.75, 3.05) is 44.9 Å². The van der Waals surface area contributed by atoms with E-state index in [1.807, 2.05) is 11.9 Å². The quantitative estimate of drug-likeness (QED) is 0.781. The normalized spacial score (nSPS) is 23.9. The molecule has 0 aliphatic carbocycles. The van der Waals surface area contributed by atoms with Crippen molar-refractivity contribution < 1.29 is 14.3 Å². The molecule has 3 rings (SSSR count). The van der Waals surface area contributed by atoms with Gasteiger partial charge < -0.3 is 19.3 Å². The number of ether oxygens (including phenoxy) is 2. The molecule has 0 saturated carbocycles. The summed E-state index contributed by atoms with van der Waals surface area (Å²) < 4.78 is 12.4. The topological polar surface area (TPSA) is 76.9 Å². The number of amides is 1. The van der Waals surface area contributed by atoms with E-state index in [-0.39, 0.29) is 23.6 Å². The molecule has 0 bridgehead atoms. The Hall–Kier alpha value is -1.93. The van der Waals surface area contributed by atoms with E-state index in [9.17, 15) is 9.59 Å². The summed E-state index contributed by atoms with van der Waals surface area (Å²) in [5.41, 5.74) is 0.671. The number of carbonyl (C=O) groups excluding carboxylic acids is 1. The molecule has 2 atom stereocenters. The van der Waals surface area contributed by atoms with Crippen LogP contribution in [0.1, 0.15) is 32.7 Å². The summed E-state index contributed by atoms with van der Waals surface area (Å²) in [5.74, 6) is -0.0568. The summed E-state index contributed by atoms with van der Waals surface area (Å²) in [6.07, 6.45) is 2.86. The fourth-order valence-electron chi connectivity index (χ4n) is 3.36. The van der Waals surface area contributed by atoms with Crippen LogP contribution in [0.2, 0.25) is 0 Å². The fraction of sp³-hybridized carbons (Fsp3) is 0.722. The Balaban J connectivity index is 1.71. The van der Waals surface area contributed by atoms with Gasteiger partial charge in [0.15, 0.2) is 6.10 Å². The van der Waals surface area contributed by atoms with Crippen LogP contribution in [-0.2, 0) is 14.3 Å². The molecule has 0 aromatic carbocycles. The SMILES string of the molecule is CC(C)N(C)c1cnn(C2CCCN(C(=O)C3COCCO3)C2)c(=O)c1. The zero-order chi connectivity index (χ0) is 18.7. The fourth-order valence-corrected chi connectivity index (χ4v) is 3.36. The molecule has 2 fully saturated rings. The second kappa shape index (κ2) is 8.18. The van der Waals surface area contributed by atoms with Crippen molar-refractivity contribution in [1.29, 1.82) is 0 Å². The van der Waals surface area contributed by atoms with Crippen LogP contribution >= 0.6 is 0 Å². The van der Waals surface area contributed by atoms with Gasteiger partial charge in [-0.2, -0.15) is 5.10 Å². The van der Waals surface area contributed by atoms with Crippen molar-refractivity contribution in [2.45, 2.75) is 44.9 Å². The monoisotopic (exact) mass is 364 g/mol. The average molecular weight is 364 g/mol. The highest BCUT2D eigenvalue weighted by Gasteiger charge is 2.32. The Kier molecular flexibility index (Phi) is 5.93. The standard InChI is InChI=1S/C18H28N4O4/c1-13(2)20(3)15-9-17(23)22(19-10-15)14-5-4-6-21(11-14)18(24)16-12-25-7-8-26-16/h9-10,13-14,16H,4-8,11-12H2,1-3H3. The van der Waals surface area contributed by atoms with Crippen LogP contribution in [0.5, 0.6) is 0 Å². The van der Waals surface area contributed by atoms with Gasteiger partial charge in [0, 0.05) is 32.2 Å². The minimum absolute atomic E-state index is 0.0568. The van der Waals surface area contributed by atoms with Gasteiger partial charge in [-0.15, -0.1) is 0 Å². The van der Waals surface area contributed by atoms with Gasteiger partial charge in [-0.05, 0) is 26.7 Å². The van der Waals surface area contributed by atoms with Crippen molar-refractivity contribution in [3.63, 3.8) is 0 Å². The maximum absolute atomic E-state index is 12.6. The molecule has 2 unspecified atom stereocenters. The van der Waals surface area contributed by atoms with E-state index in [2.05, 4.69) is 18.9 Å². The van der Waals surface area contributed by atoms with Crippen molar-refractivity contribution in [3.05, 3.63) is 22.6 Å². The maximum atomic E-state index is 12.6. The molecular formula is C18H28N4O4. The molecule has 0 spiro atoms. The van der Waals surface area contributed by atoms with E-state index in [1.165, 1.54) is 4.68 Å². The first-order chi connectivity index (χ1) is 12.5. The molecule has 2 saturated heterocycles. The highest BCUT2D eigenvalue weighted by molar-refractivity contribution is 5.81. The lowest BCUT2D eigenvalue weighted by Crippen LogP contribution is -2.50. The van der Waals surface area contributed by atoms with Crippen molar-refractivity contribution in [3.8, 4) is 0 Å². The molecule has 1 amide bonds. The largest absolute Gasteiger partial charge is 0.376 e. The van der Waals surface area contributed by atoms with Crippen LogP contribution in [0.15, 0.2) is 17.1 Å². The van der Waals surface area contributed by atoms with Gasteiger partial charge in [0.05, 0.1) is 37.7 Å². The minimum Gasteiger partial charge on any atom is -0.376 e. The summed E-state index contributed by atoms with van der Waals surface area (Å²) in [6, 6.07) is 1.79.